The zero-order valence-corrected chi connectivity index (χ0v) is 16.9. The van der Waals surface area contributed by atoms with Gasteiger partial charge in [-0.15, -0.1) is 0 Å². The molecule has 6 heteroatoms. The van der Waals surface area contributed by atoms with Gasteiger partial charge >= 0.3 is 0 Å². The van der Waals surface area contributed by atoms with Crippen LogP contribution in [0, 0.1) is 0 Å². The Balaban J connectivity index is 1.79. The molecule has 1 heterocycles. The fraction of sp³-hybridized carbons (Fsp3) is 0.167. The SMILES string of the molecule is CC(C)Oc1ccc(/C=C(/NC(=O)c2ccccc2)C(=O)NCc2ccco2)cc1. The van der Waals surface area contributed by atoms with E-state index in [4.69, 9.17) is 9.15 Å². The maximum Gasteiger partial charge on any atom is 0.268 e. The lowest BCUT2D eigenvalue weighted by Crippen LogP contribution is -2.34. The fourth-order valence-electron chi connectivity index (χ4n) is 2.70. The van der Waals surface area contributed by atoms with Crippen molar-refractivity contribution in [1.82, 2.24) is 10.6 Å². The molecule has 0 saturated carbocycles. The Labute approximate surface area is 175 Å². The van der Waals surface area contributed by atoms with Gasteiger partial charge in [0, 0.05) is 5.56 Å². The second-order valence-electron chi connectivity index (χ2n) is 6.88. The predicted octanol–water partition coefficient (Wildman–Crippen LogP) is 4.15. The third kappa shape index (κ3) is 6.10. The van der Waals surface area contributed by atoms with Crippen LogP contribution in [0.15, 0.2) is 83.1 Å². The Bertz CT molecular complexity index is 991. The van der Waals surface area contributed by atoms with Crippen molar-refractivity contribution in [2.75, 3.05) is 0 Å². The second-order valence-corrected chi connectivity index (χ2v) is 6.88. The van der Waals surface area contributed by atoms with E-state index >= 15 is 0 Å². The van der Waals surface area contributed by atoms with Gasteiger partial charge in [-0.1, -0.05) is 30.3 Å². The summed E-state index contributed by atoms with van der Waals surface area (Å²) in [4.78, 5) is 25.3. The summed E-state index contributed by atoms with van der Waals surface area (Å²) in [5, 5.41) is 5.47. The topological polar surface area (TPSA) is 80.6 Å². The van der Waals surface area contributed by atoms with Crippen LogP contribution >= 0.6 is 0 Å². The van der Waals surface area contributed by atoms with Crippen molar-refractivity contribution in [3.63, 3.8) is 0 Å². The minimum atomic E-state index is -0.418. The summed E-state index contributed by atoms with van der Waals surface area (Å²) < 4.78 is 10.9. The van der Waals surface area contributed by atoms with Crippen LogP contribution in [0.2, 0.25) is 0 Å². The molecule has 0 atom stereocenters. The molecule has 0 aliphatic rings. The molecule has 2 amide bonds. The van der Waals surface area contributed by atoms with Crippen molar-refractivity contribution in [3.8, 4) is 5.75 Å². The lowest BCUT2D eigenvalue weighted by molar-refractivity contribution is -0.118. The molecular formula is C24H24N2O4. The summed E-state index contributed by atoms with van der Waals surface area (Å²) in [6.45, 7) is 4.12. The van der Waals surface area contributed by atoms with Gasteiger partial charge in [-0.05, 0) is 61.9 Å². The van der Waals surface area contributed by atoms with E-state index in [2.05, 4.69) is 10.6 Å². The number of amides is 2. The Kier molecular flexibility index (Phi) is 7.05. The molecule has 0 bridgehead atoms. The van der Waals surface area contributed by atoms with Crippen LogP contribution in [0.25, 0.3) is 6.08 Å². The summed E-state index contributed by atoms with van der Waals surface area (Å²) in [5.41, 5.74) is 1.35. The first-order valence-corrected chi connectivity index (χ1v) is 9.66. The first kappa shape index (κ1) is 20.9. The maximum atomic E-state index is 12.8. The largest absolute Gasteiger partial charge is 0.491 e. The number of nitrogens with one attached hydrogen (secondary N) is 2. The standard InChI is InChI=1S/C24H24N2O4/c1-17(2)30-20-12-10-18(11-13-20)15-22(24(28)25-16-21-9-6-14-29-21)26-23(27)19-7-4-3-5-8-19/h3-15,17H,16H2,1-2H3,(H,25,28)(H,26,27)/b22-15+. The van der Waals surface area contributed by atoms with E-state index in [0.717, 1.165) is 11.3 Å². The molecule has 2 N–H and O–H groups in total. The van der Waals surface area contributed by atoms with E-state index in [1.54, 1.807) is 42.5 Å². The Hall–Kier alpha value is -3.80. The number of carbonyl (C=O) groups excluding carboxylic acids is 2. The highest BCUT2D eigenvalue weighted by Crippen LogP contribution is 2.16. The quantitative estimate of drug-likeness (QED) is 0.553. The van der Waals surface area contributed by atoms with Crippen molar-refractivity contribution in [2.24, 2.45) is 0 Å². The van der Waals surface area contributed by atoms with Gasteiger partial charge in [-0.2, -0.15) is 0 Å². The van der Waals surface area contributed by atoms with Gasteiger partial charge in [0.1, 0.15) is 17.2 Å². The van der Waals surface area contributed by atoms with Crippen molar-refractivity contribution in [3.05, 3.63) is 95.6 Å². The van der Waals surface area contributed by atoms with Crippen molar-refractivity contribution in [2.45, 2.75) is 26.5 Å². The molecule has 0 aliphatic carbocycles. The lowest BCUT2D eigenvalue weighted by atomic mass is 10.1. The molecule has 0 spiro atoms. The molecule has 0 unspecified atom stereocenters. The smallest absolute Gasteiger partial charge is 0.268 e. The highest BCUT2D eigenvalue weighted by molar-refractivity contribution is 6.05. The third-order valence-electron chi connectivity index (χ3n) is 4.09. The molecule has 6 nitrogen and oxygen atoms in total. The van der Waals surface area contributed by atoms with Crippen LogP contribution < -0.4 is 15.4 Å². The number of ether oxygens (including phenoxy) is 1. The number of benzene rings is 2. The molecule has 30 heavy (non-hydrogen) atoms. The van der Waals surface area contributed by atoms with Crippen LogP contribution in [0.1, 0.15) is 35.5 Å². The van der Waals surface area contributed by atoms with Gasteiger partial charge in [0.25, 0.3) is 11.8 Å². The third-order valence-corrected chi connectivity index (χ3v) is 4.09. The summed E-state index contributed by atoms with van der Waals surface area (Å²) in [6, 6.07) is 19.5. The van der Waals surface area contributed by atoms with E-state index < -0.39 is 5.91 Å². The Morgan fingerprint density at radius 1 is 1.00 bits per heavy atom. The first-order valence-electron chi connectivity index (χ1n) is 9.66. The lowest BCUT2D eigenvalue weighted by Gasteiger charge is -2.12. The minimum Gasteiger partial charge on any atom is -0.491 e. The van der Waals surface area contributed by atoms with Crippen LogP contribution in [-0.2, 0) is 11.3 Å². The normalized spacial score (nSPS) is 11.2. The van der Waals surface area contributed by atoms with Gasteiger partial charge in [0.15, 0.2) is 0 Å². The minimum absolute atomic E-state index is 0.0690. The molecule has 154 valence electrons. The van der Waals surface area contributed by atoms with E-state index in [0.29, 0.717) is 11.3 Å². The van der Waals surface area contributed by atoms with Crippen molar-refractivity contribution in [1.29, 1.82) is 0 Å². The van der Waals surface area contributed by atoms with E-state index in [9.17, 15) is 9.59 Å². The van der Waals surface area contributed by atoms with Crippen molar-refractivity contribution < 1.29 is 18.7 Å². The first-order chi connectivity index (χ1) is 14.5. The van der Waals surface area contributed by atoms with E-state index in [-0.39, 0.29) is 24.3 Å². The zero-order chi connectivity index (χ0) is 21.3. The summed E-state index contributed by atoms with van der Waals surface area (Å²) >= 11 is 0. The molecule has 0 saturated heterocycles. The van der Waals surface area contributed by atoms with Gasteiger partial charge in [-0.25, -0.2) is 0 Å². The molecule has 3 aromatic rings. The van der Waals surface area contributed by atoms with Crippen LogP contribution in [-0.4, -0.2) is 17.9 Å². The van der Waals surface area contributed by atoms with Crippen LogP contribution in [0.3, 0.4) is 0 Å². The molecule has 2 aromatic carbocycles. The molecule has 0 aliphatic heterocycles. The highest BCUT2D eigenvalue weighted by atomic mass is 16.5. The van der Waals surface area contributed by atoms with E-state index in [1.807, 2.05) is 44.2 Å². The number of hydrogen-bond donors (Lipinski definition) is 2. The molecular weight excluding hydrogens is 380 g/mol. The summed E-state index contributed by atoms with van der Waals surface area (Å²) in [6.07, 6.45) is 3.23. The fourth-order valence-corrected chi connectivity index (χ4v) is 2.70. The molecule has 3 rings (SSSR count). The van der Waals surface area contributed by atoms with Gasteiger partial charge in [0.2, 0.25) is 0 Å². The number of carbonyl (C=O) groups is 2. The average Bonchev–Trinajstić information content (AvgIpc) is 3.27. The van der Waals surface area contributed by atoms with E-state index in [1.165, 1.54) is 6.26 Å². The predicted molar refractivity (Wildman–Crippen MR) is 115 cm³/mol. The van der Waals surface area contributed by atoms with Crippen molar-refractivity contribution >= 4 is 17.9 Å². The molecule has 1 aromatic heterocycles. The van der Waals surface area contributed by atoms with Gasteiger partial charge in [0.05, 0.1) is 18.9 Å². The number of furan rings is 1. The Morgan fingerprint density at radius 3 is 2.37 bits per heavy atom. The van der Waals surface area contributed by atoms with Gasteiger partial charge in [-0.3, -0.25) is 9.59 Å². The Morgan fingerprint density at radius 2 is 1.73 bits per heavy atom. The maximum absolute atomic E-state index is 12.8. The van der Waals surface area contributed by atoms with Gasteiger partial charge < -0.3 is 19.8 Å². The van der Waals surface area contributed by atoms with Crippen LogP contribution in [0.4, 0.5) is 0 Å². The zero-order valence-electron chi connectivity index (χ0n) is 16.9. The average molecular weight is 404 g/mol. The highest BCUT2D eigenvalue weighted by Gasteiger charge is 2.15. The summed E-state index contributed by atoms with van der Waals surface area (Å²) in [7, 11) is 0. The molecule has 0 fully saturated rings. The molecule has 0 radical (unpaired) electrons. The number of rotatable bonds is 8. The monoisotopic (exact) mass is 404 g/mol. The van der Waals surface area contributed by atoms with Crippen LogP contribution in [0.5, 0.6) is 5.75 Å². The second kappa shape index (κ2) is 10.1. The summed E-state index contributed by atoms with van der Waals surface area (Å²) in [5.74, 6) is 0.569. The number of hydrogen-bond acceptors (Lipinski definition) is 4.